The number of methoxy groups -OCH3 is 2. The largest absolute Gasteiger partial charge is 0.480 e. The molecule has 3 heterocycles. The number of carbonyl (C=O) groups is 1. The molecule has 0 saturated carbocycles. The normalized spacial score (nSPS) is 14.7. The summed E-state index contributed by atoms with van der Waals surface area (Å²) in [5.41, 5.74) is 3.96. The van der Waals surface area contributed by atoms with Crippen LogP contribution in [0.4, 0.5) is 11.4 Å². The fourth-order valence-electron chi connectivity index (χ4n) is 4.03. The van der Waals surface area contributed by atoms with Crippen molar-refractivity contribution in [2.75, 3.05) is 57.7 Å². The van der Waals surface area contributed by atoms with E-state index < -0.39 is 0 Å². The number of carbonyl (C=O) groups excluding carboxylic acids is 1. The second-order valence-electron chi connectivity index (χ2n) is 8.06. The molecule has 1 aliphatic rings. The maximum atomic E-state index is 13.1. The maximum absolute atomic E-state index is 13.1. The number of fused-ring (bicyclic) bond motifs is 1. The van der Waals surface area contributed by atoms with Crippen molar-refractivity contribution >= 4 is 38.8 Å². The topological polar surface area (TPSA) is 79.8 Å². The summed E-state index contributed by atoms with van der Waals surface area (Å²) in [6.07, 6.45) is 0. The van der Waals surface area contributed by atoms with E-state index in [0.29, 0.717) is 21.4 Å². The van der Waals surface area contributed by atoms with E-state index in [1.807, 2.05) is 19.1 Å². The Kier molecular flexibility index (Phi) is 6.59. The Morgan fingerprint density at radius 2 is 1.91 bits per heavy atom. The highest BCUT2D eigenvalue weighted by Gasteiger charge is 2.22. The Bertz CT molecular complexity index is 1140. The number of nitrogens with one attached hydrogen (secondary N) is 1. The quantitative estimate of drug-likeness (QED) is 0.610. The molecule has 1 aromatic carbocycles. The van der Waals surface area contributed by atoms with E-state index >= 15 is 0 Å². The zero-order chi connectivity index (χ0) is 22.8. The van der Waals surface area contributed by atoms with Crippen LogP contribution < -0.4 is 15.0 Å². The standard InChI is InChI=1S/C23H29N5O3S/c1-14-12-16(6-7-17(14)28-10-8-27(3)9-11-28)24-21(29)20-15(2)19-22(31-5)25-18(13-30-4)26-23(19)32-20/h6-7,12H,8-11,13H2,1-5H3,(H,24,29). The number of piperazine rings is 1. The number of nitrogens with zero attached hydrogens (tertiary/aromatic N) is 4. The van der Waals surface area contributed by atoms with Crippen LogP contribution in [0.5, 0.6) is 5.88 Å². The number of aryl methyl sites for hydroxylation is 2. The van der Waals surface area contributed by atoms with E-state index in [-0.39, 0.29) is 12.5 Å². The van der Waals surface area contributed by atoms with Crippen LogP contribution in [0.15, 0.2) is 18.2 Å². The molecule has 1 aliphatic heterocycles. The predicted octanol–water partition coefficient (Wildman–Crippen LogP) is 3.47. The van der Waals surface area contributed by atoms with Crippen LogP contribution in [0, 0.1) is 13.8 Å². The van der Waals surface area contributed by atoms with Gasteiger partial charge in [-0.1, -0.05) is 0 Å². The van der Waals surface area contributed by atoms with Crippen LogP contribution in [0.2, 0.25) is 0 Å². The van der Waals surface area contributed by atoms with Crippen LogP contribution in [0.3, 0.4) is 0 Å². The molecule has 0 spiro atoms. The predicted molar refractivity (Wildman–Crippen MR) is 128 cm³/mol. The molecule has 1 fully saturated rings. The van der Waals surface area contributed by atoms with E-state index in [0.717, 1.165) is 48.4 Å². The van der Waals surface area contributed by atoms with E-state index in [2.05, 4.69) is 45.1 Å². The van der Waals surface area contributed by atoms with Gasteiger partial charge in [-0.05, 0) is 50.2 Å². The molecule has 0 radical (unpaired) electrons. The lowest BCUT2D eigenvalue weighted by Gasteiger charge is -2.35. The fraction of sp³-hybridized carbons (Fsp3) is 0.435. The van der Waals surface area contributed by atoms with Gasteiger partial charge in [0.05, 0.1) is 17.4 Å². The molecule has 0 bridgehead atoms. The Morgan fingerprint density at radius 3 is 2.56 bits per heavy atom. The third-order valence-corrected chi connectivity index (χ3v) is 6.96. The van der Waals surface area contributed by atoms with Gasteiger partial charge in [-0.25, -0.2) is 4.98 Å². The molecular weight excluding hydrogens is 426 g/mol. The van der Waals surface area contributed by atoms with Gasteiger partial charge in [0.15, 0.2) is 5.82 Å². The third kappa shape index (κ3) is 4.41. The number of thiophene rings is 1. The van der Waals surface area contributed by atoms with Crippen molar-refractivity contribution in [3.05, 3.63) is 40.0 Å². The highest BCUT2D eigenvalue weighted by atomic mass is 32.1. The molecule has 1 N–H and O–H groups in total. The lowest BCUT2D eigenvalue weighted by Crippen LogP contribution is -2.44. The number of likely N-dealkylation sites (N-methyl/N-ethyl adjacent to an activating group) is 1. The molecule has 3 aromatic rings. The van der Waals surface area contributed by atoms with Crippen molar-refractivity contribution < 1.29 is 14.3 Å². The molecule has 0 atom stereocenters. The molecule has 1 saturated heterocycles. The number of amides is 1. The number of rotatable bonds is 6. The zero-order valence-corrected chi connectivity index (χ0v) is 20.0. The lowest BCUT2D eigenvalue weighted by molar-refractivity contribution is 0.103. The smallest absolute Gasteiger partial charge is 0.266 e. The summed E-state index contributed by atoms with van der Waals surface area (Å²) in [5.74, 6) is 0.829. The van der Waals surface area contributed by atoms with Gasteiger partial charge in [0, 0.05) is 44.7 Å². The van der Waals surface area contributed by atoms with Crippen molar-refractivity contribution in [3.63, 3.8) is 0 Å². The second kappa shape index (κ2) is 9.40. The van der Waals surface area contributed by atoms with Crippen LogP contribution in [-0.4, -0.2) is 68.2 Å². The fourth-order valence-corrected chi connectivity index (χ4v) is 5.11. The van der Waals surface area contributed by atoms with Gasteiger partial charge in [0.25, 0.3) is 5.91 Å². The number of anilines is 2. The lowest BCUT2D eigenvalue weighted by atomic mass is 10.1. The number of benzene rings is 1. The average molecular weight is 456 g/mol. The molecule has 1 amide bonds. The summed E-state index contributed by atoms with van der Waals surface area (Å²) < 4.78 is 10.6. The highest BCUT2D eigenvalue weighted by molar-refractivity contribution is 7.20. The van der Waals surface area contributed by atoms with E-state index in [1.54, 1.807) is 14.2 Å². The van der Waals surface area contributed by atoms with Crippen molar-refractivity contribution in [2.24, 2.45) is 0 Å². The maximum Gasteiger partial charge on any atom is 0.266 e. The van der Waals surface area contributed by atoms with Crippen molar-refractivity contribution in [3.8, 4) is 5.88 Å². The highest BCUT2D eigenvalue weighted by Crippen LogP contribution is 2.35. The summed E-state index contributed by atoms with van der Waals surface area (Å²) in [7, 11) is 5.31. The first-order valence-electron chi connectivity index (χ1n) is 10.6. The first-order valence-corrected chi connectivity index (χ1v) is 11.4. The van der Waals surface area contributed by atoms with Gasteiger partial charge in [-0.3, -0.25) is 4.79 Å². The van der Waals surface area contributed by atoms with Crippen molar-refractivity contribution in [1.82, 2.24) is 14.9 Å². The SMILES string of the molecule is COCc1nc(OC)c2c(C)c(C(=O)Nc3ccc(N4CCN(C)CC4)c(C)c3)sc2n1. The number of hydrogen-bond donors (Lipinski definition) is 1. The van der Waals surface area contributed by atoms with E-state index in [1.165, 1.54) is 17.0 Å². The summed E-state index contributed by atoms with van der Waals surface area (Å²) >= 11 is 1.34. The Morgan fingerprint density at radius 1 is 1.16 bits per heavy atom. The molecule has 2 aromatic heterocycles. The Balaban J connectivity index is 1.57. The van der Waals surface area contributed by atoms with Crippen LogP contribution in [0.25, 0.3) is 10.2 Å². The van der Waals surface area contributed by atoms with Gasteiger partial charge in [0.2, 0.25) is 5.88 Å². The van der Waals surface area contributed by atoms with E-state index in [9.17, 15) is 4.79 Å². The number of hydrogen-bond acceptors (Lipinski definition) is 8. The first kappa shape index (κ1) is 22.4. The minimum atomic E-state index is -0.160. The molecule has 9 heteroatoms. The Labute approximate surface area is 192 Å². The van der Waals surface area contributed by atoms with Gasteiger partial charge in [-0.2, -0.15) is 4.98 Å². The number of aromatic nitrogens is 2. The summed E-state index contributed by atoms with van der Waals surface area (Å²) in [6, 6.07) is 6.10. The molecule has 170 valence electrons. The Hall–Kier alpha value is -2.75. The minimum absolute atomic E-state index is 0.160. The summed E-state index contributed by atoms with van der Waals surface area (Å²) in [6.45, 7) is 8.41. The average Bonchev–Trinajstić information content (AvgIpc) is 3.11. The van der Waals surface area contributed by atoms with Gasteiger partial charge in [-0.15, -0.1) is 11.3 Å². The molecule has 0 unspecified atom stereocenters. The van der Waals surface area contributed by atoms with Crippen LogP contribution in [-0.2, 0) is 11.3 Å². The van der Waals surface area contributed by atoms with Gasteiger partial charge in [0.1, 0.15) is 11.4 Å². The molecule has 4 rings (SSSR count). The van der Waals surface area contributed by atoms with E-state index in [4.69, 9.17) is 9.47 Å². The third-order valence-electron chi connectivity index (χ3n) is 5.77. The molecule has 8 nitrogen and oxygen atoms in total. The second-order valence-corrected chi connectivity index (χ2v) is 9.06. The van der Waals surface area contributed by atoms with Gasteiger partial charge >= 0.3 is 0 Å². The molecule has 0 aliphatic carbocycles. The monoisotopic (exact) mass is 455 g/mol. The van der Waals surface area contributed by atoms with Crippen molar-refractivity contribution in [2.45, 2.75) is 20.5 Å². The first-order chi connectivity index (χ1) is 15.4. The summed E-state index contributed by atoms with van der Waals surface area (Å²) in [5, 5.41) is 3.81. The van der Waals surface area contributed by atoms with Crippen LogP contribution in [0.1, 0.15) is 26.6 Å². The zero-order valence-electron chi connectivity index (χ0n) is 19.2. The van der Waals surface area contributed by atoms with Crippen molar-refractivity contribution in [1.29, 1.82) is 0 Å². The number of ether oxygens (including phenoxy) is 2. The van der Waals surface area contributed by atoms with Gasteiger partial charge < -0.3 is 24.6 Å². The minimum Gasteiger partial charge on any atom is -0.480 e. The molecular formula is C23H29N5O3S. The van der Waals surface area contributed by atoms with Crippen LogP contribution >= 0.6 is 11.3 Å². The molecule has 32 heavy (non-hydrogen) atoms. The summed E-state index contributed by atoms with van der Waals surface area (Å²) in [4.78, 5) is 28.1.